The second-order valence-corrected chi connectivity index (χ2v) is 10.1. The van der Waals surface area contributed by atoms with Crippen LogP contribution < -0.4 is 5.32 Å². The van der Waals surface area contributed by atoms with E-state index in [1.165, 1.54) is 4.31 Å². The largest absolute Gasteiger partial charge is 0.490 e. The lowest BCUT2D eigenvalue weighted by Crippen LogP contribution is -2.47. The van der Waals surface area contributed by atoms with E-state index in [2.05, 4.69) is 5.32 Å². The SMILES string of the molecule is Cc1cccc(S(=O)(=O)N(CCC(=O)N2CCNCC2)CCc2ccccc2)c1.O=C(O)C(F)(F)F. The number of piperazine rings is 1. The number of carbonyl (C=O) groups excluding carboxylic acids is 1. The number of alkyl halides is 3. The van der Waals surface area contributed by atoms with Crippen LogP contribution in [0.4, 0.5) is 13.2 Å². The number of aliphatic carboxylic acids is 1. The van der Waals surface area contributed by atoms with Gasteiger partial charge in [-0.15, -0.1) is 0 Å². The van der Waals surface area contributed by atoms with Crippen LogP contribution in [0.1, 0.15) is 17.5 Å². The maximum absolute atomic E-state index is 13.3. The highest BCUT2D eigenvalue weighted by Crippen LogP contribution is 2.18. The van der Waals surface area contributed by atoms with Gasteiger partial charge in [-0.05, 0) is 36.6 Å². The molecule has 1 saturated heterocycles. The zero-order valence-electron chi connectivity index (χ0n) is 19.9. The van der Waals surface area contributed by atoms with Gasteiger partial charge in [-0.1, -0.05) is 42.5 Å². The average molecular weight is 530 g/mol. The fourth-order valence-corrected chi connectivity index (χ4v) is 5.01. The van der Waals surface area contributed by atoms with Gasteiger partial charge in [-0.2, -0.15) is 17.5 Å². The van der Waals surface area contributed by atoms with E-state index in [0.29, 0.717) is 26.1 Å². The molecular formula is C24H30F3N3O5S. The van der Waals surface area contributed by atoms with Gasteiger partial charge in [0, 0.05) is 45.7 Å². The van der Waals surface area contributed by atoms with Gasteiger partial charge in [-0.25, -0.2) is 13.2 Å². The molecule has 1 fully saturated rings. The van der Waals surface area contributed by atoms with Crippen LogP contribution in [0, 0.1) is 6.92 Å². The number of aryl methyl sites for hydroxylation is 1. The highest BCUT2D eigenvalue weighted by Gasteiger charge is 2.38. The van der Waals surface area contributed by atoms with Crippen LogP contribution in [0.3, 0.4) is 0 Å². The molecule has 0 saturated carbocycles. The zero-order chi connectivity index (χ0) is 26.8. The van der Waals surface area contributed by atoms with Crippen LogP contribution in [0.2, 0.25) is 0 Å². The first-order valence-corrected chi connectivity index (χ1v) is 12.7. The number of carboxylic acids is 1. The highest BCUT2D eigenvalue weighted by atomic mass is 32.2. The normalized spacial score (nSPS) is 14.2. The number of hydrogen-bond donors (Lipinski definition) is 2. The van der Waals surface area contributed by atoms with E-state index in [9.17, 15) is 26.4 Å². The maximum Gasteiger partial charge on any atom is 0.490 e. The third-order valence-corrected chi connectivity index (χ3v) is 7.30. The molecule has 8 nitrogen and oxygen atoms in total. The first-order chi connectivity index (χ1) is 16.9. The number of amides is 1. The number of sulfonamides is 1. The minimum Gasteiger partial charge on any atom is -0.475 e. The lowest BCUT2D eigenvalue weighted by Gasteiger charge is -2.29. The Labute approximate surface area is 208 Å². The number of hydrogen-bond acceptors (Lipinski definition) is 5. The Kier molecular flexibility index (Phi) is 10.9. The molecule has 1 heterocycles. The molecule has 1 aliphatic heterocycles. The average Bonchev–Trinajstić information content (AvgIpc) is 2.84. The Morgan fingerprint density at radius 3 is 2.19 bits per heavy atom. The summed E-state index contributed by atoms with van der Waals surface area (Å²) in [4.78, 5) is 23.6. The molecule has 0 aliphatic carbocycles. The number of rotatable bonds is 8. The highest BCUT2D eigenvalue weighted by molar-refractivity contribution is 7.89. The summed E-state index contributed by atoms with van der Waals surface area (Å²) in [6, 6.07) is 16.7. The quantitative estimate of drug-likeness (QED) is 0.545. The van der Waals surface area contributed by atoms with E-state index in [1.807, 2.05) is 48.2 Å². The van der Waals surface area contributed by atoms with Crippen molar-refractivity contribution in [2.45, 2.75) is 30.8 Å². The molecule has 0 atom stereocenters. The minimum absolute atomic E-state index is 0.00986. The van der Waals surface area contributed by atoms with E-state index >= 15 is 0 Å². The van der Waals surface area contributed by atoms with Gasteiger partial charge in [0.15, 0.2) is 0 Å². The number of benzene rings is 2. The predicted molar refractivity (Wildman–Crippen MR) is 128 cm³/mol. The van der Waals surface area contributed by atoms with Gasteiger partial charge in [-0.3, -0.25) is 4.79 Å². The van der Waals surface area contributed by atoms with Crippen molar-refractivity contribution in [3.8, 4) is 0 Å². The number of nitrogens with zero attached hydrogens (tertiary/aromatic N) is 2. The summed E-state index contributed by atoms with van der Waals surface area (Å²) in [7, 11) is -3.67. The fraction of sp³-hybridized carbons (Fsp3) is 0.417. The first kappa shape index (κ1) is 29.3. The molecule has 0 unspecified atom stereocenters. The van der Waals surface area contributed by atoms with E-state index in [1.54, 1.807) is 18.2 Å². The molecule has 2 aromatic carbocycles. The second kappa shape index (κ2) is 13.4. The van der Waals surface area contributed by atoms with Crippen molar-refractivity contribution in [2.24, 2.45) is 0 Å². The fourth-order valence-electron chi connectivity index (χ4n) is 3.47. The Bertz CT molecular complexity index is 1110. The molecule has 0 spiro atoms. The Balaban J connectivity index is 0.000000572. The predicted octanol–water partition coefficient (Wildman–Crippen LogP) is 2.68. The van der Waals surface area contributed by atoms with E-state index in [-0.39, 0.29) is 23.8 Å². The third-order valence-electron chi connectivity index (χ3n) is 5.41. The van der Waals surface area contributed by atoms with Crippen LogP contribution in [-0.4, -0.2) is 80.1 Å². The van der Waals surface area contributed by atoms with Crippen molar-refractivity contribution in [3.05, 3.63) is 65.7 Å². The number of nitrogens with one attached hydrogen (secondary N) is 1. The molecule has 1 amide bonds. The summed E-state index contributed by atoms with van der Waals surface area (Å²) >= 11 is 0. The van der Waals surface area contributed by atoms with Crippen molar-refractivity contribution in [1.29, 1.82) is 0 Å². The van der Waals surface area contributed by atoms with Crippen molar-refractivity contribution >= 4 is 21.9 Å². The number of halogens is 3. The van der Waals surface area contributed by atoms with Crippen molar-refractivity contribution < 1.29 is 36.3 Å². The Hall–Kier alpha value is -2.96. The summed E-state index contributed by atoms with van der Waals surface area (Å²) < 4.78 is 59.8. The Morgan fingerprint density at radius 1 is 1.03 bits per heavy atom. The molecule has 2 N–H and O–H groups in total. The molecular weight excluding hydrogens is 499 g/mol. The molecule has 2 aromatic rings. The smallest absolute Gasteiger partial charge is 0.475 e. The van der Waals surface area contributed by atoms with Crippen molar-refractivity contribution in [1.82, 2.24) is 14.5 Å². The summed E-state index contributed by atoms with van der Waals surface area (Å²) in [6.45, 7) is 5.32. The van der Waals surface area contributed by atoms with Gasteiger partial charge in [0.05, 0.1) is 4.90 Å². The van der Waals surface area contributed by atoms with Crippen LogP contribution >= 0.6 is 0 Å². The van der Waals surface area contributed by atoms with Gasteiger partial charge < -0.3 is 15.3 Å². The number of carboxylic acid groups (broad SMARTS) is 1. The van der Waals surface area contributed by atoms with Crippen LogP contribution in [0.5, 0.6) is 0 Å². The lowest BCUT2D eigenvalue weighted by molar-refractivity contribution is -0.192. The molecule has 0 bridgehead atoms. The number of carbonyl (C=O) groups is 2. The zero-order valence-corrected chi connectivity index (χ0v) is 20.7. The van der Waals surface area contributed by atoms with Gasteiger partial charge in [0.25, 0.3) is 0 Å². The molecule has 0 aromatic heterocycles. The maximum atomic E-state index is 13.3. The van der Waals surface area contributed by atoms with E-state index < -0.39 is 22.2 Å². The lowest BCUT2D eigenvalue weighted by atomic mass is 10.1. The standard InChI is InChI=1S/C22H29N3O3S.C2HF3O2/c1-19-6-5-9-21(18-19)29(27,28)25(14-10-20-7-3-2-4-8-20)15-11-22(26)24-16-12-23-13-17-24;3-2(4,5)1(6)7/h2-9,18,23H,10-17H2,1H3;(H,6,7). The summed E-state index contributed by atoms with van der Waals surface area (Å²) in [5.41, 5.74) is 1.97. The summed E-state index contributed by atoms with van der Waals surface area (Å²) in [5, 5.41) is 10.3. The molecule has 12 heteroatoms. The third kappa shape index (κ3) is 9.25. The topological polar surface area (TPSA) is 107 Å². The minimum atomic E-state index is -5.08. The van der Waals surface area contributed by atoms with Crippen molar-refractivity contribution in [3.63, 3.8) is 0 Å². The molecule has 1 aliphatic rings. The van der Waals surface area contributed by atoms with Crippen molar-refractivity contribution in [2.75, 3.05) is 39.3 Å². The Morgan fingerprint density at radius 2 is 1.64 bits per heavy atom. The first-order valence-electron chi connectivity index (χ1n) is 11.3. The second-order valence-electron chi connectivity index (χ2n) is 8.14. The summed E-state index contributed by atoms with van der Waals surface area (Å²) in [6.07, 6.45) is -4.28. The molecule has 3 rings (SSSR count). The molecule has 36 heavy (non-hydrogen) atoms. The monoisotopic (exact) mass is 529 g/mol. The molecule has 0 radical (unpaired) electrons. The van der Waals surface area contributed by atoms with Crippen LogP contribution in [-0.2, 0) is 26.0 Å². The van der Waals surface area contributed by atoms with E-state index in [0.717, 1.165) is 24.2 Å². The summed E-state index contributed by atoms with van der Waals surface area (Å²) in [5.74, 6) is -2.75. The van der Waals surface area contributed by atoms with E-state index in [4.69, 9.17) is 9.90 Å². The van der Waals surface area contributed by atoms with Crippen LogP contribution in [0.25, 0.3) is 0 Å². The van der Waals surface area contributed by atoms with Gasteiger partial charge in [0.1, 0.15) is 0 Å². The van der Waals surface area contributed by atoms with Gasteiger partial charge >= 0.3 is 12.1 Å². The van der Waals surface area contributed by atoms with Crippen LogP contribution in [0.15, 0.2) is 59.5 Å². The molecule has 198 valence electrons. The van der Waals surface area contributed by atoms with Gasteiger partial charge in [0.2, 0.25) is 15.9 Å².